The van der Waals surface area contributed by atoms with E-state index in [4.69, 9.17) is 21.3 Å². The number of piperidine rings is 1. The number of rotatable bonds is 4. The number of aromatic nitrogens is 3. The quantitative estimate of drug-likeness (QED) is 0.721. The van der Waals surface area contributed by atoms with Crippen LogP contribution in [0.15, 0.2) is 0 Å². The molecule has 0 spiro atoms. The van der Waals surface area contributed by atoms with Gasteiger partial charge in [-0.25, -0.2) is 9.97 Å². The zero-order valence-corrected chi connectivity index (χ0v) is 17.0. The fourth-order valence-electron chi connectivity index (χ4n) is 4.20. The van der Waals surface area contributed by atoms with Crippen LogP contribution >= 0.6 is 22.9 Å². The second-order valence-electron chi connectivity index (χ2n) is 7.48. The Bertz CT molecular complexity index is 800. The number of hydrogen-bond acceptors (Lipinski definition) is 8. The predicted octanol–water partition coefficient (Wildman–Crippen LogP) is 2.77. The predicted molar refractivity (Wildman–Crippen MR) is 108 cm³/mol. The molecule has 9 heteroatoms. The zero-order valence-electron chi connectivity index (χ0n) is 15.4. The summed E-state index contributed by atoms with van der Waals surface area (Å²) in [5, 5.41) is 1.44. The van der Waals surface area contributed by atoms with E-state index >= 15 is 0 Å². The maximum Gasteiger partial charge on any atom is 0.225 e. The van der Waals surface area contributed by atoms with Crippen molar-refractivity contribution in [2.45, 2.75) is 31.8 Å². The molecular formula is C18H25ClN6OS. The molecule has 0 amide bonds. The van der Waals surface area contributed by atoms with Crippen LogP contribution < -0.4 is 4.90 Å². The van der Waals surface area contributed by atoms with E-state index in [1.165, 1.54) is 25.7 Å². The summed E-state index contributed by atoms with van der Waals surface area (Å²) in [6.45, 7) is 7.67. The van der Waals surface area contributed by atoms with Crippen LogP contribution in [-0.2, 0) is 4.74 Å². The number of anilines is 1. The van der Waals surface area contributed by atoms with E-state index in [1.807, 2.05) is 0 Å². The van der Waals surface area contributed by atoms with E-state index in [0.29, 0.717) is 18.5 Å². The summed E-state index contributed by atoms with van der Waals surface area (Å²) in [5.41, 5.74) is 0.892. The molecule has 146 valence electrons. The number of halogens is 1. The first-order chi connectivity index (χ1) is 13.3. The molecule has 0 bridgehead atoms. The van der Waals surface area contributed by atoms with Crippen molar-refractivity contribution < 1.29 is 4.74 Å². The molecule has 3 aliphatic rings. The molecule has 2 aromatic rings. The Morgan fingerprint density at radius 2 is 1.56 bits per heavy atom. The minimum absolute atomic E-state index is 0.273. The van der Waals surface area contributed by atoms with Crippen molar-refractivity contribution >= 4 is 39.1 Å². The van der Waals surface area contributed by atoms with Gasteiger partial charge >= 0.3 is 0 Å². The Hall–Kier alpha value is -1.06. The number of fused-ring (bicyclic) bond motifs is 1. The van der Waals surface area contributed by atoms with Crippen molar-refractivity contribution in [3.8, 4) is 0 Å². The summed E-state index contributed by atoms with van der Waals surface area (Å²) in [6.07, 6.45) is 5.44. The van der Waals surface area contributed by atoms with Crippen molar-refractivity contribution in [2.75, 3.05) is 57.4 Å². The maximum absolute atomic E-state index is 6.26. The second kappa shape index (κ2) is 7.75. The van der Waals surface area contributed by atoms with Gasteiger partial charge in [0.15, 0.2) is 10.6 Å². The molecule has 0 aromatic carbocycles. The molecule has 3 aliphatic heterocycles. The van der Waals surface area contributed by atoms with Gasteiger partial charge in [-0.05, 0) is 30.9 Å². The highest BCUT2D eigenvalue weighted by molar-refractivity contribution is 7.18. The first kappa shape index (κ1) is 18.0. The van der Waals surface area contributed by atoms with Crippen molar-refractivity contribution in [1.82, 2.24) is 24.8 Å². The molecule has 2 aromatic heterocycles. The third-order valence-corrected chi connectivity index (χ3v) is 6.89. The Balaban J connectivity index is 1.53. The van der Waals surface area contributed by atoms with Gasteiger partial charge in [-0.1, -0.05) is 17.8 Å². The van der Waals surface area contributed by atoms with Crippen LogP contribution in [-0.4, -0.2) is 77.2 Å². The number of nitrogens with zero attached hydrogens (tertiary/aromatic N) is 6. The van der Waals surface area contributed by atoms with Gasteiger partial charge in [0, 0.05) is 39.3 Å². The number of thiazole rings is 1. The smallest absolute Gasteiger partial charge is 0.225 e. The highest BCUT2D eigenvalue weighted by Crippen LogP contribution is 2.37. The van der Waals surface area contributed by atoms with E-state index in [1.54, 1.807) is 11.3 Å². The van der Waals surface area contributed by atoms with Crippen LogP contribution in [0.25, 0.3) is 10.3 Å². The first-order valence-electron chi connectivity index (χ1n) is 9.94. The van der Waals surface area contributed by atoms with E-state index in [9.17, 15) is 0 Å². The molecule has 1 unspecified atom stereocenters. The van der Waals surface area contributed by atoms with Crippen molar-refractivity contribution in [1.29, 1.82) is 0 Å². The molecule has 0 N–H and O–H groups in total. The minimum Gasteiger partial charge on any atom is -0.378 e. The fourth-order valence-corrected chi connectivity index (χ4v) is 5.52. The van der Waals surface area contributed by atoms with Gasteiger partial charge < -0.3 is 9.64 Å². The topological polar surface area (TPSA) is 57.6 Å². The lowest BCUT2D eigenvalue weighted by Gasteiger charge is -2.44. The van der Waals surface area contributed by atoms with Gasteiger partial charge in [0.25, 0.3) is 0 Å². The minimum atomic E-state index is 0.273. The van der Waals surface area contributed by atoms with Crippen molar-refractivity contribution in [3.05, 3.63) is 10.3 Å². The molecule has 7 nitrogen and oxygen atoms in total. The highest BCUT2D eigenvalue weighted by atomic mass is 35.5. The molecule has 1 atom stereocenters. The zero-order chi connectivity index (χ0) is 18.2. The van der Waals surface area contributed by atoms with Gasteiger partial charge in [-0.15, -0.1) is 0 Å². The van der Waals surface area contributed by atoms with E-state index < -0.39 is 0 Å². The average molecular weight is 409 g/mol. The number of ether oxygens (including phenoxy) is 1. The van der Waals surface area contributed by atoms with Crippen LogP contribution in [0, 0.1) is 0 Å². The fraction of sp³-hybridized carbons (Fsp3) is 0.722. The standard InChI is InChI=1S/C18H25ClN6OS/c19-18-21-14(23-9-11-26-12-10-23)13-15(22-18)27-16(20-13)17(25-7-4-8-25)24-5-2-1-3-6-24/h17H,1-12H2. The van der Waals surface area contributed by atoms with Crippen LogP contribution in [0.3, 0.4) is 0 Å². The normalized spacial score (nSPS) is 23.5. The molecule has 5 heterocycles. The lowest BCUT2D eigenvalue weighted by molar-refractivity contribution is -0.00979. The lowest BCUT2D eigenvalue weighted by atomic mass is 10.1. The average Bonchev–Trinajstić information content (AvgIpc) is 3.08. The molecular weight excluding hydrogens is 384 g/mol. The summed E-state index contributed by atoms with van der Waals surface area (Å²) >= 11 is 7.94. The molecule has 0 saturated carbocycles. The monoisotopic (exact) mass is 408 g/mol. The van der Waals surface area contributed by atoms with Gasteiger partial charge in [-0.2, -0.15) is 4.98 Å². The molecule has 3 fully saturated rings. The largest absolute Gasteiger partial charge is 0.378 e. The van der Waals surface area contributed by atoms with Gasteiger partial charge in [-0.3, -0.25) is 9.80 Å². The van der Waals surface area contributed by atoms with Crippen molar-refractivity contribution in [3.63, 3.8) is 0 Å². The second-order valence-corrected chi connectivity index (χ2v) is 8.83. The van der Waals surface area contributed by atoms with Crippen molar-refractivity contribution in [2.24, 2.45) is 0 Å². The SMILES string of the molecule is Clc1nc(N2CCOCC2)c2nc(C(N3CCCCC3)N3CCC3)sc2n1. The van der Waals surface area contributed by atoms with Crippen LogP contribution in [0.1, 0.15) is 36.9 Å². The number of hydrogen-bond donors (Lipinski definition) is 0. The summed E-state index contributed by atoms with van der Waals surface area (Å²) < 4.78 is 5.49. The molecule has 5 rings (SSSR count). The summed E-state index contributed by atoms with van der Waals surface area (Å²) in [5.74, 6) is 0.858. The van der Waals surface area contributed by atoms with Gasteiger partial charge in [0.1, 0.15) is 16.7 Å². The number of morpholine rings is 1. The Morgan fingerprint density at radius 3 is 2.22 bits per heavy atom. The first-order valence-corrected chi connectivity index (χ1v) is 11.1. The Morgan fingerprint density at radius 1 is 0.852 bits per heavy atom. The van der Waals surface area contributed by atoms with E-state index in [0.717, 1.165) is 60.4 Å². The maximum atomic E-state index is 6.26. The molecule has 27 heavy (non-hydrogen) atoms. The third-order valence-electron chi connectivity index (χ3n) is 5.73. The summed E-state index contributed by atoms with van der Waals surface area (Å²) in [4.78, 5) is 22.4. The highest BCUT2D eigenvalue weighted by Gasteiger charge is 2.34. The Kier molecular flexibility index (Phi) is 5.17. The third kappa shape index (κ3) is 3.53. The van der Waals surface area contributed by atoms with Crippen LogP contribution in [0.2, 0.25) is 5.28 Å². The van der Waals surface area contributed by atoms with E-state index in [-0.39, 0.29) is 6.17 Å². The summed E-state index contributed by atoms with van der Waals surface area (Å²) in [7, 11) is 0. The molecule has 0 aliphatic carbocycles. The van der Waals surface area contributed by atoms with Crippen LogP contribution in [0.4, 0.5) is 5.82 Å². The molecule has 0 radical (unpaired) electrons. The Labute approximate surface area is 168 Å². The molecule has 3 saturated heterocycles. The van der Waals surface area contributed by atoms with Crippen LogP contribution in [0.5, 0.6) is 0 Å². The van der Waals surface area contributed by atoms with E-state index in [2.05, 4.69) is 24.7 Å². The number of likely N-dealkylation sites (tertiary alicyclic amines) is 2. The lowest BCUT2D eigenvalue weighted by Crippen LogP contribution is -2.49. The van der Waals surface area contributed by atoms with Gasteiger partial charge in [0.2, 0.25) is 5.28 Å². The van der Waals surface area contributed by atoms with Gasteiger partial charge in [0.05, 0.1) is 13.2 Å². The summed E-state index contributed by atoms with van der Waals surface area (Å²) in [6, 6.07) is 0.